The summed E-state index contributed by atoms with van der Waals surface area (Å²) in [6, 6.07) is 6.47. The quantitative estimate of drug-likeness (QED) is 0.484. The van der Waals surface area contributed by atoms with E-state index in [1.807, 2.05) is 4.90 Å². The second kappa shape index (κ2) is 7.97. The summed E-state index contributed by atoms with van der Waals surface area (Å²) in [5, 5.41) is 0. The third-order valence-corrected chi connectivity index (χ3v) is 4.29. The van der Waals surface area contributed by atoms with Crippen molar-refractivity contribution in [3.63, 3.8) is 0 Å². The number of nitrogens with two attached hydrogens (primary N) is 1. The molecule has 3 N–H and O–H groups in total. The smallest absolute Gasteiger partial charge is 0.233 e. The minimum Gasteiger partial charge on any atom is -0.368 e. The fourth-order valence-electron chi connectivity index (χ4n) is 2.89. The summed E-state index contributed by atoms with van der Waals surface area (Å²) in [5.74, 6) is 4.92. The van der Waals surface area contributed by atoms with E-state index in [1.54, 1.807) is 0 Å². The predicted molar refractivity (Wildman–Crippen MR) is 90.9 cm³/mol. The molecule has 0 aliphatic carbocycles. The molecule has 1 saturated heterocycles. The van der Waals surface area contributed by atoms with Gasteiger partial charge in [-0.2, -0.15) is 0 Å². The molecular formula is C17H26N4O2. The van der Waals surface area contributed by atoms with Gasteiger partial charge in [-0.3, -0.25) is 15.0 Å². The van der Waals surface area contributed by atoms with Crippen molar-refractivity contribution < 1.29 is 9.59 Å². The maximum Gasteiger partial charge on any atom is 0.233 e. The van der Waals surface area contributed by atoms with Gasteiger partial charge in [-0.1, -0.05) is 12.1 Å². The number of benzene rings is 1. The molecule has 1 heterocycles. The highest BCUT2D eigenvalue weighted by atomic mass is 16.2. The first-order valence-corrected chi connectivity index (χ1v) is 8.10. The first-order chi connectivity index (χ1) is 11.0. The Morgan fingerprint density at radius 3 is 2.48 bits per heavy atom. The molecule has 1 aromatic carbocycles. The molecule has 1 aromatic rings. The zero-order valence-electron chi connectivity index (χ0n) is 14.0. The molecule has 2 rings (SSSR count). The monoisotopic (exact) mass is 318 g/mol. The SMILES string of the molecule is Cc1ccc(C)c(N2CCN(C(=O)CCCC(=O)NN)CC2)c1. The third-order valence-electron chi connectivity index (χ3n) is 4.29. The Hall–Kier alpha value is -2.08. The lowest BCUT2D eigenvalue weighted by Crippen LogP contribution is -2.49. The number of anilines is 1. The summed E-state index contributed by atoms with van der Waals surface area (Å²) in [6.07, 6.45) is 1.24. The number of hydrogen-bond acceptors (Lipinski definition) is 4. The van der Waals surface area contributed by atoms with Gasteiger partial charge in [0.15, 0.2) is 0 Å². The lowest BCUT2D eigenvalue weighted by Gasteiger charge is -2.37. The standard InChI is InChI=1S/C17H26N4O2/c1-13-6-7-14(2)15(12-13)20-8-10-21(11-9-20)17(23)5-3-4-16(22)19-18/h6-7,12H,3-5,8-11,18H2,1-2H3,(H,19,22). The molecule has 0 saturated carbocycles. The molecule has 6 heteroatoms. The molecule has 0 unspecified atom stereocenters. The van der Waals surface area contributed by atoms with Gasteiger partial charge in [0.05, 0.1) is 0 Å². The van der Waals surface area contributed by atoms with Gasteiger partial charge in [-0.25, -0.2) is 5.84 Å². The Morgan fingerprint density at radius 1 is 1.13 bits per heavy atom. The van der Waals surface area contributed by atoms with Crippen LogP contribution in [0.3, 0.4) is 0 Å². The van der Waals surface area contributed by atoms with E-state index in [-0.39, 0.29) is 11.8 Å². The highest BCUT2D eigenvalue weighted by molar-refractivity contribution is 5.78. The number of rotatable bonds is 5. The van der Waals surface area contributed by atoms with Crippen LogP contribution >= 0.6 is 0 Å². The van der Waals surface area contributed by atoms with Gasteiger partial charge in [-0.15, -0.1) is 0 Å². The lowest BCUT2D eigenvalue weighted by atomic mass is 10.1. The van der Waals surface area contributed by atoms with E-state index in [0.717, 1.165) is 26.2 Å². The van der Waals surface area contributed by atoms with Crippen LogP contribution in [-0.4, -0.2) is 42.9 Å². The second-order valence-corrected chi connectivity index (χ2v) is 6.08. The van der Waals surface area contributed by atoms with Gasteiger partial charge in [0.1, 0.15) is 0 Å². The molecule has 0 spiro atoms. The average molecular weight is 318 g/mol. The summed E-state index contributed by atoms with van der Waals surface area (Å²) in [4.78, 5) is 27.5. The first-order valence-electron chi connectivity index (χ1n) is 8.10. The van der Waals surface area contributed by atoms with Crippen LogP contribution in [0, 0.1) is 13.8 Å². The minimum atomic E-state index is -0.224. The van der Waals surface area contributed by atoms with E-state index in [4.69, 9.17) is 5.84 Å². The van der Waals surface area contributed by atoms with Crippen molar-refractivity contribution in [1.29, 1.82) is 0 Å². The number of carbonyl (C=O) groups excluding carboxylic acids is 2. The van der Waals surface area contributed by atoms with Crippen molar-refractivity contribution >= 4 is 17.5 Å². The van der Waals surface area contributed by atoms with E-state index in [0.29, 0.717) is 19.3 Å². The van der Waals surface area contributed by atoms with Crippen molar-refractivity contribution in [1.82, 2.24) is 10.3 Å². The van der Waals surface area contributed by atoms with Gasteiger partial charge >= 0.3 is 0 Å². The maximum atomic E-state index is 12.2. The molecule has 1 aliphatic heterocycles. The number of hydrazine groups is 1. The lowest BCUT2D eigenvalue weighted by molar-refractivity contribution is -0.131. The fraction of sp³-hybridized carbons (Fsp3) is 0.529. The van der Waals surface area contributed by atoms with Gasteiger partial charge in [0.25, 0.3) is 0 Å². The van der Waals surface area contributed by atoms with E-state index in [2.05, 4.69) is 42.4 Å². The predicted octanol–water partition coefficient (Wildman–Crippen LogP) is 1.11. The molecule has 1 aliphatic rings. The molecule has 0 radical (unpaired) electrons. The number of amides is 2. The Labute approximate surface area is 137 Å². The van der Waals surface area contributed by atoms with Crippen molar-refractivity contribution in [2.24, 2.45) is 5.84 Å². The first kappa shape index (κ1) is 17.3. The van der Waals surface area contributed by atoms with Crippen molar-refractivity contribution in [2.45, 2.75) is 33.1 Å². The molecule has 126 valence electrons. The van der Waals surface area contributed by atoms with Crippen LogP contribution in [0.25, 0.3) is 0 Å². The Bertz CT molecular complexity index is 566. The van der Waals surface area contributed by atoms with Crippen LogP contribution in [-0.2, 0) is 9.59 Å². The summed E-state index contributed by atoms with van der Waals surface area (Å²) in [7, 11) is 0. The van der Waals surface area contributed by atoms with Crippen LogP contribution < -0.4 is 16.2 Å². The Morgan fingerprint density at radius 2 is 1.83 bits per heavy atom. The fourth-order valence-corrected chi connectivity index (χ4v) is 2.89. The highest BCUT2D eigenvalue weighted by Crippen LogP contribution is 2.23. The van der Waals surface area contributed by atoms with Crippen LogP contribution in [0.1, 0.15) is 30.4 Å². The van der Waals surface area contributed by atoms with Crippen LogP contribution in [0.4, 0.5) is 5.69 Å². The Balaban J connectivity index is 1.82. The normalized spacial score (nSPS) is 14.7. The highest BCUT2D eigenvalue weighted by Gasteiger charge is 2.21. The van der Waals surface area contributed by atoms with Crippen molar-refractivity contribution in [3.8, 4) is 0 Å². The molecular weight excluding hydrogens is 292 g/mol. The molecule has 1 fully saturated rings. The van der Waals surface area contributed by atoms with Crippen molar-refractivity contribution in [2.75, 3.05) is 31.1 Å². The maximum absolute atomic E-state index is 12.2. The van der Waals surface area contributed by atoms with E-state index < -0.39 is 0 Å². The summed E-state index contributed by atoms with van der Waals surface area (Å²) >= 11 is 0. The molecule has 23 heavy (non-hydrogen) atoms. The van der Waals surface area contributed by atoms with Crippen molar-refractivity contribution in [3.05, 3.63) is 29.3 Å². The average Bonchev–Trinajstić information content (AvgIpc) is 2.57. The van der Waals surface area contributed by atoms with Crippen LogP contribution in [0.2, 0.25) is 0 Å². The topological polar surface area (TPSA) is 78.7 Å². The van der Waals surface area contributed by atoms with Gasteiger partial charge in [0.2, 0.25) is 11.8 Å². The second-order valence-electron chi connectivity index (χ2n) is 6.08. The van der Waals surface area contributed by atoms with E-state index in [1.165, 1.54) is 16.8 Å². The van der Waals surface area contributed by atoms with Crippen LogP contribution in [0.5, 0.6) is 0 Å². The zero-order valence-corrected chi connectivity index (χ0v) is 14.0. The molecule has 0 bridgehead atoms. The molecule has 6 nitrogen and oxygen atoms in total. The number of hydrogen-bond donors (Lipinski definition) is 2. The van der Waals surface area contributed by atoms with Gasteiger partial charge in [0, 0.05) is 44.7 Å². The summed E-state index contributed by atoms with van der Waals surface area (Å²) in [5.41, 5.74) is 5.86. The number of nitrogens with one attached hydrogen (secondary N) is 1. The zero-order chi connectivity index (χ0) is 16.8. The van der Waals surface area contributed by atoms with E-state index in [9.17, 15) is 9.59 Å². The molecule has 0 atom stereocenters. The number of carbonyl (C=O) groups is 2. The number of piperazine rings is 1. The molecule has 2 amide bonds. The number of aryl methyl sites for hydroxylation is 2. The van der Waals surface area contributed by atoms with Gasteiger partial charge < -0.3 is 9.80 Å². The van der Waals surface area contributed by atoms with E-state index >= 15 is 0 Å². The van der Waals surface area contributed by atoms with Crippen LogP contribution in [0.15, 0.2) is 18.2 Å². The van der Waals surface area contributed by atoms with Gasteiger partial charge in [-0.05, 0) is 37.5 Å². The number of nitrogens with zero attached hydrogens (tertiary/aromatic N) is 2. The molecule has 0 aromatic heterocycles. The third kappa shape index (κ3) is 4.69. The summed E-state index contributed by atoms with van der Waals surface area (Å²) < 4.78 is 0. The Kier molecular flexibility index (Phi) is 5.98. The minimum absolute atomic E-state index is 0.121. The largest absolute Gasteiger partial charge is 0.368 e. The summed E-state index contributed by atoms with van der Waals surface area (Å²) in [6.45, 7) is 7.37.